The number of anilines is 1. The van der Waals surface area contributed by atoms with Crippen molar-refractivity contribution in [3.63, 3.8) is 0 Å². The van der Waals surface area contributed by atoms with Crippen LogP contribution in [0.1, 0.15) is 65.7 Å². The van der Waals surface area contributed by atoms with Gasteiger partial charge < -0.3 is 44.9 Å². The zero-order valence-corrected chi connectivity index (χ0v) is 26.9. The van der Waals surface area contributed by atoms with E-state index in [2.05, 4.69) is 10.3 Å². The number of H-pyrrole nitrogens is 1. The number of esters is 1. The smallest absolute Gasteiger partial charge is 0.330 e. The van der Waals surface area contributed by atoms with Crippen LogP contribution < -0.4 is 10.9 Å². The maximum Gasteiger partial charge on any atom is 0.330 e. The van der Waals surface area contributed by atoms with Crippen LogP contribution in [0.4, 0.5) is 5.69 Å². The van der Waals surface area contributed by atoms with Crippen molar-refractivity contribution in [2.45, 2.75) is 108 Å². The predicted molar refractivity (Wildman–Crippen MR) is 166 cm³/mol. The highest BCUT2D eigenvalue weighted by molar-refractivity contribution is 7.70. The number of epoxide rings is 1. The van der Waals surface area contributed by atoms with Gasteiger partial charge in [0, 0.05) is 29.7 Å². The standard InChI is InChI=1S/C30H44N2O10S2/c1-15(24(36)28-26(38)25(37)18(13-41-28)12-20-27(42-20)16(2)17(3)33)11-22(35)40-10-8-6-4-5-7-9-21(34)32-23-29-19(14-43-44-29)31-30(23)39/h11,14,16-18,20,24-28,33,36-38H,4-10,12-13H2,1-3H3,(H,31,39)(H,32,34)/b15-11+/t16-,17-,18-,20?,24+,25+,26+,27?,28-/m0/s1. The van der Waals surface area contributed by atoms with Gasteiger partial charge in [0.25, 0.3) is 5.56 Å². The Hall–Kier alpha value is -2.17. The van der Waals surface area contributed by atoms with Crippen molar-refractivity contribution in [1.29, 1.82) is 0 Å². The Kier molecular flexibility index (Phi) is 12.5. The third-order valence-corrected chi connectivity index (χ3v) is 10.6. The third kappa shape index (κ3) is 8.97. The zero-order chi connectivity index (χ0) is 32.0. The molecule has 6 N–H and O–H groups in total. The highest BCUT2D eigenvalue weighted by Crippen LogP contribution is 2.39. The first-order chi connectivity index (χ1) is 21.0. The summed E-state index contributed by atoms with van der Waals surface area (Å²) in [6, 6.07) is 0. The number of fused-ring (bicyclic) bond motifs is 1. The summed E-state index contributed by atoms with van der Waals surface area (Å²) in [6.07, 6.45) is 0.166. The van der Waals surface area contributed by atoms with Gasteiger partial charge in [-0.15, -0.1) is 0 Å². The number of nitrogens with one attached hydrogen (secondary N) is 2. The van der Waals surface area contributed by atoms with Gasteiger partial charge >= 0.3 is 5.97 Å². The fraction of sp³-hybridized carbons (Fsp3) is 0.700. The van der Waals surface area contributed by atoms with E-state index in [-0.39, 0.29) is 54.3 Å². The topological polar surface area (TPSA) is 191 Å². The van der Waals surface area contributed by atoms with Crippen LogP contribution in [0.25, 0.3) is 10.6 Å². The molecular weight excluding hydrogens is 612 g/mol. The van der Waals surface area contributed by atoms with Gasteiger partial charge in [-0.2, -0.15) is 0 Å². The van der Waals surface area contributed by atoms with Gasteiger partial charge in [0.2, 0.25) is 5.91 Å². The molecule has 2 saturated heterocycles. The summed E-state index contributed by atoms with van der Waals surface area (Å²) in [4.78, 5) is 40.0. The molecule has 0 radical (unpaired) electrons. The number of aliphatic hydroxyl groups excluding tert-OH is 4. The lowest BCUT2D eigenvalue weighted by atomic mass is 9.84. The molecule has 0 bridgehead atoms. The Balaban J connectivity index is 1.07. The number of aliphatic hydroxyl groups is 4. The minimum Gasteiger partial charge on any atom is -0.463 e. The number of carbonyl (C=O) groups excluding carboxylic acids is 2. The molecule has 4 aliphatic rings. The molecule has 12 nitrogen and oxygen atoms in total. The molecule has 44 heavy (non-hydrogen) atoms. The summed E-state index contributed by atoms with van der Waals surface area (Å²) in [5.74, 6) is -1.23. The van der Waals surface area contributed by atoms with Crippen molar-refractivity contribution in [1.82, 2.24) is 4.98 Å². The van der Waals surface area contributed by atoms with Gasteiger partial charge in [-0.1, -0.05) is 46.9 Å². The van der Waals surface area contributed by atoms with Crippen LogP contribution >= 0.6 is 20.7 Å². The second-order valence-corrected chi connectivity index (χ2v) is 14.0. The minimum atomic E-state index is -1.35. The molecule has 4 heterocycles. The van der Waals surface area contributed by atoms with Gasteiger partial charge in [0.15, 0.2) is 0 Å². The monoisotopic (exact) mass is 656 g/mol. The summed E-state index contributed by atoms with van der Waals surface area (Å²) >= 11 is 0. The molecule has 0 spiro atoms. The Morgan fingerprint density at radius 2 is 1.86 bits per heavy atom. The molecule has 4 rings (SSSR count). The number of carbonyl (C=O) groups is 2. The largest absolute Gasteiger partial charge is 0.463 e. The van der Waals surface area contributed by atoms with Gasteiger partial charge in [0.1, 0.15) is 24.0 Å². The summed E-state index contributed by atoms with van der Waals surface area (Å²) in [7, 11) is 2.94. The number of aromatic amines is 1. The Morgan fingerprint density at radius 1 is 1.14 bits per heavy atom. The number of hydrogen-bond donors (Lipinski definition) is 6. The van der Waals surface area contributed by atoms with Gasteiger partial charge in [-0.3, -0.25) is 9.59 Å². The van der Waals surface area contributed by atoms with E-state index in [0.717, 1.165) is 29.8 Å². The van der Waals surface area contributed by atoms with E-state index >= 15 is 0 Å². The number of hydrogen-bond acceptors (Lipinski definition) is 12. The van der Waals surface area contributed by atoms with E-state index in [1.165, 1.54) is 33.7 Å². The second-order valence-electron chi connectivity index (χ2n) is 11.9. The predicted octanol–water partition coefficient (Wildman–Crippen LogP) is 2.64. The Labute approximate surface area is 263 Å². The minimum absolute atomic E-state index is 0.0386. The SMILES string of the molecule is C/C(=C\C(=O)OCCCCCCCC(=O)Nc1c2sscc-2[nH]c1=O)[C@@H](O)[C@@H]1OC[C@H](CC2OC2[C@@H](C)[C@H](C)O)[C@@H](O)[C@H]1O. The molecule has 14 heteroatoms. The lowest BCUT2D eigenvalue weighted by Crippen LogP contribution is -2.55. The highest BCUT2D eigenvalue weighted by atomic mass is 32.9. The molecule has 0 aliphatic carbocycles. The van der Waals surface area contributed by atoms with Crippen molar-refractivity contribution in [2.24, 2.45) is 11.8 Å². The summed E-state index contributed by atoms with van der Waals surface area (Å²) in [5.41, 5.74) is 1.03. The average Bonchev–Trinajstić information content (AvgIpc) is 3.49. The van der Waals surface area contributed by atoms with Crippen LogP contribution in [-0.2, 0) is 23.8 Å². The average molecular weight is 657 g/mol. The molecule has 0 aromatic heterocycles. The van der Waals surface area contributed by atoms with Crippen LogP contribution in [0, 0.1) is 11.8 Å². The Bertz CT molecular complexity index is 1290. The maximum atomic E-state index is 12.3. The molecule has 1 amide bonds. The summed E-state index contributed by atoms with van der Waals surface area (Å²) in [6.45, 7) is 5.46. The fourth-order valence-corrected chi connectivity index (χ4v) is 7.68. The van der Waals surface area contributed by atoms with Crippen LogP contribution in [0.5, 0.6) is 0 Å². The first kappa shape index (κ1) is 34.7. The molecule has 0 saturated carbocycles. The summed E-state index contributed by atoms with van der Waals surface area (Å²) < 4.78 is 16.6. The van der Waals surface area contributed by atoms with Crippen molar-refractivity contribution in [2.75, 3.05) is 18.5 Å². The van der Waals surface area contributed by atoms with Crippen LogP contribution in [0.2, 0.25) is 0 Å². The fourth-order valence-electron chi connectivity index (χ4n) is 5.52. The number of aromatic nitrogens is 1. The lowest BCUT2D eigenvalue weighted by molar-refractivity contribution is -0.189. The van der Waals surface area contributed by atoms with Crippen LogP contribution in [0.3, 0.4) is 0 Å². The van der Waals surface area contributed by atoms with E-state index in [0.29, 0.717) is 31.4 Å². The molecule has 4 aliphatic heterocycles. The van der Waals surface area contributed by atoms with E-state index in [1.807, 2.05) is 12.3 Å². The number of ether oxygens (including phenoxy) is 3. The quantitative estimate of drug-likeness (QED) is 0.0515. The van der Waals surface area contributed by atoms with Crippen molar-refractivity contribution in [3.8, 4) is 10.6 Å². The van der Waals surface area contributed by atoms with Crippen LogP contribution in [0.15, 0.2) is 21.8 Å². The maximum absolute atomic E-state index is 12.3. The third-order valence-electron chi connectivity index (χ3n) is 8.53. The summed E-state index contributed by atoms with van der Waals surface area (Å²) in [5, 5.41) is 46.4. The van der Waals surface area contributed by atoms with Crippen molar-refractivity contribution < 1.29 is 44.2 Å². The first-order valence-corrected chi connectivity index (χ1v) is 17.4. The van der Waals surface area contributed by atoms with E-state index < -0.39 is 36.5 Å². The molecule has 2 unspecified atom stereocenters. The number of unbranched alkanes of at least 4 members (excludes halogenated alkanes) is 4. The molecule has 2 fully saturated rings. The van der Waals surface area contributed by atoms with Crippen molar-refractivity contribution in [3.05, 3.63) is 27.4 Å². The first-order valence-electron chi connectivity index (χ1n) is 15.2. The normalized spacial score (nSPS) is 27.6. The van der Waals surface area contributed by atoms with E-state index in [9.17, 15) is 34.8 Å². The second kappa shape index (κ2) is 15.9. The van der Waals surface area contributed by atoms with Gasteiger partial charge in [-0.05, 0) is 38.7 Å². The lowest BCUT2D eigenvalue weighted by Gasteiger charge is -2.39. The Morgan fingerprint density at radius 3 is 2.61 bits per heavy atom. The molecule has 9 atom stereocenters. The molecule has 0 aromatic rings. The van der Waals surface area contributed by atoms with Crippen molar-refractivity contribution >= 4 is 38.2 Å². The molecule has 246 valence electrons. The van der Waals surface area contributed by atoms with Gasteiger partial charge in [0.05, 0.1) is 48.2 Å². The number of rotatable bonds is 16. The van der Waals surface area contributed by atoms with E-state index in [4.69, 9.17) is 14.2 Å². The molecular formula is C30H44N2O10S2. The van der Waals surface area contributed by atoms with Gasteiger partial charge in [-0.25, -0.2) is 4.79 Å². The zero-order valence-electron chi connectivity index (χ0n) is 25.3. The van der Waals surface area contributed by atoms with E-state index in [1.54, 1.807) is 6.92 Å². The van der Waals surface area contributed by atoms with Crippen LogP contribution in [-0.4, -0.2) is 93.2 Å². The highest BCUT2D eigenvalue weighted by Gasteiger charge is 2.49. The number of amides is 1. The molecule has 0 aromatic carbocycles.